The van der Waals surface area contributed by atoms with Gasteiger partial charge in [-0.15, -0.1) is 0 Å². The third-order valence-electron chi connectivity index (χ3n) is 4.96. The van der Waals surface area contributed by atoms with Crippen molar-refractivity contribution < 1.29 is 0 Å². The molecule has 2 nitrogen and oxygen atoms in total. The molecule has 4 heteroatoms. The van der Waals surface area contributed by atoms with Crippen molar-refractivity contribution in [2.24, 2.45) is 5.41 Å². The van der Waals surface area contributed by atoms with Crippen LogP contribution >= 0.6 is 24.2 Å². The van der Waals surface area contributed by atoms with E-state index < -0.39 is 0 Å². The van der Waals surface area contributed by atoms with Crippen molar-refractivity contribution in [1.82, 2.24) is 4.90 Å². The van der Waals surface area contributed by atoms with Gasteiger partial charge in [-0.25, -0.2) is 0 Å². The average molecular weight is 327 g/mol. The van der Waals surface area contributed by atoms with Gasteiger partial charge in [-0.2, -0.15) is 12.6 Å². The highest BCUT2D eigenvalue weighted by atomic mass is 35.5. The van der Waals surface area contributed by atoms with Crippen molar-refractivity contribution in [2.45, 2.75) is 26.7 Å². The number of hydrogen-bond donors (Lipinski definition) is 1. The maximum Gasteiger partial charge on any atom is 0.0407 e. The second kappa shape index (κ2) is 7.75. The minimum absolute atomic E-state index is 0.381. The molecule has 2 rings (SSSR count). The van der Waals surface area contributed by atoms with Gasteiger partial charge in [0.2, 0.25) is 0 Å². The Balaban J connectivity index is 1.89. The van der Waals surface area contributed by atoms with E-state index >= 15 is 0 Å². The van der Waals surface area contributed by atoms with E-state index in [0.717, 1.165) is 37.0 Å². The van der Waals surface area contributed by atoms with Crippen LogP contribution in [0.4, 0.5) is 5.69 Å². The highest BCUT2D eigenvalue weighted by molar-refractivity contribution is 7.80. The Labute approximate surface area is 139 Å². The summed E-state index contributed by atoms with van der Waals surface area (Å²) in [5.74, 6) is 0.984. The molecule has 0 radical (unpaired) electrons. The summed E-state index contributed by atoms with van der Waals surface area (Å²) in [4.78, 5) is 5.06. The predicted octanol–water partition coefficient (Wildman–Crippen LogP) is 4.20. The highest BCUT2D eigenvalue weighted by Crippen LogP contribution is 2.30. The standard InChI is InChI=1S/C17H27ClN2S/c1-3-17(4-2,14-21)13-19-9-11-20(12-10-19)16-7-5-15(18)6-8-16/h5-8,21H,3-4,9-14H2,1-2H3. The van der Waals surface area contributed by atoms with Crippen LogP contribution in [-0.2, 0) is 0 Å². The summed E-state index contributed by atoms with van der Waals surface area (Å²) in [7, 11) is 0. The third kappa shape index (κ3) is 4.30. The second-order valence-corrected chi connectivity index (χ2v) is 6.86. The fraction of sp³-hybridized carbons (Fsp3) is 0.647. The molecular weight excluding hydrogens is 300 g/mol. The molecule has 118 valence electrons. The van der Waals surface area contributed by atoms with Crippen LogP contribution in [0.1, 0.15) is 26.7 Å². The number of nitrogens with zero attached hydrogens (tertiary/aromatic N) is 2. The fourth-order valence-electron chi connectivity index (χ4n) is 3.04. The fourth-order valence-corrected chi connectivity index (χ4v) is 3.71. The number of thiol groups is 1. The van der Waals surface area contributed by atoms with Crippen LogP contribution in [-0.4, -0.2) is 43.4 Å². The lowest BCUT2D eigenvalue weighted by atomic mass is 9.83. The van der Waals surface area contributed by atoms with Crippen LogP contribution in [0, 0.1) is 5.41 Å². The van der Waals surface area contributed by atoms with E-state index in [0.29, 0.717) is 5.41 Å². The SMILES string of the molecule is CCC(CC)(CS)CN1CCN(c2ccc(Cl)cc2)CC1. The maximum absolute atomic E-state index is 5.96. The first kappa shape index (κ1) is 17.0. The molecule has 1 aliphatic heterocycles. The zero-order chi connectivity index (χ0) is 15.3. The number of anilines is 1. The lowest BCUT2D eigenvalue weighted by Gasteiger charge is -2.41. The van der Waals surface area contributed by atoms with Crippen molar-refractivity contribution in [3.63, 3.8) is 0 Å². The molecule has 0 bridgehead atoms. The number of piperazine rings is 1. The molecule has 0 aliphatic carbocycles. The zero-order valence-electron chi connectivity index (χ0n) is 13.2. The molecular formula is C17H27ClN2S. The van der Waals surface area contributed by atoms with E-state index in [1.807, 2.05) is 12.1 Å². The number of benzene rings is 1. The first-order valence-corrected chi connectivity index (χ1v) is 8.97. The number of halogens is 1. The molecule has 0 aromatic heterocycles. The second-order valence-electron chi connectivity index (χ2n) is 6.10. The van der Waals surface area contributed by atoms with E-state index in [1.165, 1.54) is 25.1 Å². The largest absolute Gasteiger partial charge is 0.369 e. The summed E-state index contributed by atoms with van der Waals surface area (Å²) in [6.45, 7) is 10.2. The lowest BCUT2D eigenvalue weighted by molar-refractivity contribution is 0.151. The molecule has 0 amide bonds. The van der Waals surface area contributed by atoms with Gasteiger partial charge in [0.1, 0.15) is 0 Å². The van der Waals surface area contributed by atoms with Crippen molar-refractivity contribution in [3.8, 4) is 0 Å². The summed E-state index contributed by atoms with van der Waals surface area (Å²) in [5.41, 5.74) is 1.66. The van der Waals surface area contributed by atoms with Crippen LogP contribution in [0.25, 0.3) is 0 Å². The molecule has 0 unspecified atom stereocenters. The van der Waals surface area contributed by atoms with Crippen molar-refractivity contribution in [2.75, 3.05) is 43.4 Å². The summed E-state index contributed by atoms with van der Waals surface area (Å²) in [6.07, 6.45) is 2.43. The van der Waals surface area contributed by atoms with E-state index in [-0.39, 0.29) is 0 Å². The monoisotopic (exact) mass is 326 g/mol. The van der Waals surface area contributed by atoms with E-state index in [9.17, 15) is 0 Å². The molecule has 0 spiro atoms. The Morgan fingerprint density at radius 1 is 1.05 bits per heavy atom. The average Bonchev–Trinajstić information content (AvgIpc) is 2.54. The first-order chi connectivity index (χ1) is 10.1. The van der Waals surface area contributed by atoms with Gasteiger partial charge in [-0.05, 0) is 48.3 Å². The molecule has 21 heavy (non-hydrogen) atoms. The summed E-state index contributed by atoms with van der Waals surface area (Å²) in [6, 6.07) is 8.19. The highest BCUT2D eigenvalue weighted by Gasteiger charge is 2.29. The van der Waals surface area contributed by atoms with Gasteiger partial charge in [0.15, 0.2) is 0 Å². The van der Waals surface area contributed by atoms with Crippen LogP contribution in [0.15, 0.2) is 24.3 Å². The topological polar surface area (TPSA) is 6.48 Å². The predicted molar refractivity (Wildman–Crippen MR) is 97.0 cm³/mol. The van der Waals surface area contributed by atoms with Crippen LogP contribution in [0.2, 0.25) is 5.02 Å². The first-order valence-electron chi connectivity index (χ1n) is 7.96. The van der Waals surface area contributed by atoms with Crippen LogP contribution in [0.5, 0.6) is 0 Å². The van der Waals surface area contributed by atoms with Crippen molar-refractivity contribution in [3.05, 3.63) is 29.3 Å². The molecule has 0 atom stereocenters. The van der Waals surface area contributed by atoms with Gasteiger partial charge < -0.3 is 4.90 Å². The molecule has 0 saturated carbocycles. The third-order valence-corrected chi connectivity index (χ3v) is 5.88. The Kier molecular flexibility index (Phi) is 6.27. The number of hydrogen-bond acceptors (Lipinski definition) is 3. The minimum atomic E-state index is 0.381. The smallest absolute Gasteiger partial charge is 0.0407 e. The van der Waals surface area contributed by atoms with Gasteiger partial charge in [0.25, 0.3) is 0 Å². The van der Waals surface area contributed by atoms with E-state index in [2.05, 4.69) is 48.4 Å². The Bertz CT molecular complexity index is 415. The normalized spacial score (nSPS) is 17.2. The van der Waals surface area contributed by atoms with Gasteiger partial charge in [-0.1, -0.05) is 25.4 Å². The Hall–Kier alpha value is -0.380. The molecule has 0 N–H and O–H groups in total. The van der Waals surface area contributed by atoms with Gasteiger partial charge in [0, 0.05) is 43.4 Å². The maximum atomic E-state index is 5.96. The molecule has 1 aromatic rings. The Morgan fingerprint density at radius 3 is 2.10 bits per heavy atom. The van der Waals surface area contributed by atoms with Gasteiger partial charge >= 0.3 is 0 Å². The summed E-state index contributed by atoms with van der Waals surface area (Å²) >= 11 is 10.6. The quantitative estimate of drug-likeness (QED) is 0.783. The molecule has 1 saturated heterocycles. The van der Waals surface area contributed by atoms with Crippen LogP contribution < -0.4 is 4.90 Å². The molecule has 1 heterocycles. The van der Waals surface area contributed by atoms with Crippen LogP contribution in [0.3, 0.4) is 0 Å². The molecule has 1 fully saturated rings. The molecule has 1 aliphatic rings. The zero-order valence-corrected chi connectivity index (χ0v) is 14.8. The summed E-state index contributed by atoms with van der Waals surface area (Å²) in [5, 5.41) is 0.807. The van der Waals surface area contributed by atoms with Crippen molar-refractivity contribution in [1.29, 1.82) is 0 Å². The van der Waals surface area contributed by atoms with Crippen molar-refractivity contribution >= 4 is 29.9 Å². The van der Waals surface area contributed by atoms with Gasteiger partial charge in [-0.3, -0.25) is 4.90 Å². The lowest BCUT2D eigenvalue weighted by Crippen LogP contribution is -2.50. The number of rotatable bonds is 6. The Morgan fingerprint density at radius 2 is 1.62 bits per heavy atom. The van der Waals surface area contributed by atoms with E-state index in [4.69, 9.17) is 11.6 Å². The summed E-state index contributed by atoms with van der Waals surface area (Å²) < 4.78 is 0. The minimum Gasteiger partial charge on any atom is -0.369 e. The van der Waals surface area contributed by atoms with E-state index in [1.54, 1.807) is 0 Å². The van der Waals surface area contributed by atoms with Gasteiger partial charge in [0.05, 0.1) is 0 Å². The molecule has 1 aromatic carbocycles.